The van der Waals surface area contributed by atoms with Crippen LogP contribution >= 0.6 is 23.4 Å². The first-order valence-electron chi connectivity index (χ1n) is 8.58. The maximum Gasteiger partial charge on any atom is 0.407 e. The first kappa shape index (κ1) is 18.9. The fourth-order valence-corrected chi connectivity index (χ4v) is 4.30. The van der Waals surface area contributed by atoms with Gasteiger partial charge in [0.05, 0.1) is 5.03 Å². The molecule has 8 heteroatoms. The molecule has 0 aliphatic carbocycles. The number of aromatic amines is 1. The summed E-state index contributed by atoms with van der Waals surface area (Å²) >= 11 is 7.62. The number of thioether (sulfide) groups is 1. The third kappa shape index (κ3) is 4.45. The molecule has 0 unspecified atom stereocenters. The summed E-state index contributed by atoms with van der Waals surface area (Å²) in [5, 5.41) is 11.8. The molecule has 2 N–H and O–H groups in total. The maximum atomic E-state index is 12.4. The Morgan fingerprint density at radius 1 is 1.35 bits per heavy atom. The molecule has 0 bridgehead atoms. The Morgan fingerprint density at radius 2 is 2.08 bits per heavy atom. The number of nitrogens with one attached hydrogen (secondary N) is 1. The Hall–Kier alpha value is -1.86. The van der Waals surface area contributed by atoms with Crippen molar-refractivity contribution < 1.29 is 14.7 Å². The highest BCUT2D eigenvalue weighted by atomic mass is 35.5. The van der Waals surface area contributed by atoms with E-state index in [2.05, 4.69) is 4.98 Å². The topological polar surface area (TPSA) is 76.6 Å². The average molecular weight is 396 g/mol. The van der Waals surface area contributed by atoms with Crippen LogP contribution in [0.25, 0.3) is 10.9 Å². The second kappa shape index (κ2) is 8.22. The molecule has 2 amide bonds. The SMILES string of the molecule is CN(C(=O)CCSc1cc2cc(Cl)ccc2[nH]1)C1CCN(C(=O)O)CC1. The lowest BCUT2D eigenvalue weighted by Crippen LogP contribution is -2.47. The number of hydrogen-bond donors (Lipinski definition) is 2. The molecule has 1 aromatic carbocycles. The van der Waals surface area contributed by atoms with E-state index in [4.69, 9.17) is 16.7 Å². The van der Waals surface area contributed by atoms with Gasteiger partial charge in [-0.2, -0.15) is 0 Å². The predicted octanol–water partition coefficient (Wildman–Crippen LogP) is 3.90. The molecular formula is C18H22ClN3O3S. The Bertz CT molecular complexity index is 802. The van der Waals surface area contributed by atoms with Gasteiger partial charge in [-0.05, 0) is 37.1 Å². The lowest BCUT2D eigenvalue weighted by molar-refractivity contribution is -0.132. The van der Waals surface area contributed by atoms with Crippen molar-refractivity contribution in [2.24, 2.45) is 0 Å². The molecule has 6 nitrogen and oxygen atoms in total. The Balaban J connectivity index is 1.46. The van der Waals surface area contributed by atoms with E-state index in [1.54, 1.807) is 16.7 Å². The minimum absolute atomic E-state index is 0.102. The van der Waals surface area contributed by atoms with Crippen LogP contribution in [0.15, 0.2) is 29.3 Å². The van der Waals surface area contributed by atoms with Gasteiger partial charge in [-0.3, -0.25) is 4.79 Å². The van der Waals surface area contributed by atoms with Crippen LogP contribution in [-0.2, 0) is 4.79 Å². The fraction of sp³-hybridized carbons (Fsp3) is 0.444. The monoisotopic (exact) mass is 395 g/mol. The van der Waals surface area contributed by atoms with Crippen molar-refractivity contribution in [1.29, 1.82) is 0 Å². The lowest BCUT2D eigenvalue weighted by atomic mass is 10.0. The van der Waals surface area contributed by atoms with Crippen LogP contribution in [0, 0.1) is 0 Å². The molecule has 1 fully saturated rings. The van der Waals surface area contributed by atoms with E-state index in [1.165, 1.54) is 4.90 Å². The number of piperidine rings is 1. The van der Waals surface area contributed by atoms with Crippen LogP contribution < -0.4 is 0 Å². The van der Waals surface area contributed by atoms with Crippen molar-refractivity contribution in [2.75, 3.05) is 25.9 Å². The number of likely N-dealkylation sites (tertiary alicyclic amines) is 1. The van der Waals surface area contributed by atoms with Gasteiger partial charge in [-0.25, -0.2) is 4.79 Å². The summed E-state index contributed by atoms with van der Waals surface area (Å²) in [5.74, 6) is 0.794. The average Bonchev–Trinajstić information content (AvgIpc) is 3.02. The fourth-order valence-electron chi connectivity index (χ4n) is 3.23. The van der Waals surface area contributed by atoms with Crippen LogP contribution in [0.2, 0.25) is 5.02 Å². The summed E-state index contributed by atoms with van der Waals surface area (Å²) in [6.45, 7) is 0.980. The van der Waals surface area contributed by atoms with Crippen molar-refractivity contribution in [2.45, 2.75) is 30.3 Å². The third-order valence-electron chi connectivity index (χ3n) is 4.81. The van der Waals surface area contributed by atoms with Gasteiger partial charge in [0.1, 0.15) is 0 Å². The second-order valence-electron chi connectivity index (χ2n) is 6.47. The zero-order chi connectivity index (χ0) is 18.7. The molecule has 1 aromatic heterocycles. The van der Waals surface area contributed by atoms with E-state index in [0.717, 1.165) is 15.9 Å². The summed E-state index contributed by atoms with van der Waals surface area (Å²) in [4.78, 5) is 29.9. The second-order valence-corrected chi connectivity index (χ2v) is 8.04. The molecule has 0 radical (unpaired) electrons. The molecule has 2 aromatic rings. The van der Waals surface area contributed by atoms with E-state index < -0.39 is 6.09 Å². The van der Waals surface area contributed by atoms with Gasteiger partial charge in [0.25, 0.3) is 0 Å². The number of nitrogens with zero attached hydrogens (tertiary/aromatic N) is 2. The van der Waals surface area contributed by atoms with Crippen molar-refractivity contribution in [3.63, 3.8) is 0 Å². The molecule has 0 atom stereocenters. The number of H-pyrrole nitrogens is 1. The number of amides is 2. The highest BCUT2D eigenvalue weighted by molar-refractivity contribution is 7.99. The van der Waals surface area contributed by atoms with Gasteiger partial charge >= 0.3 is 6.09 Å². The molecule has 26 heavy (non-hydrogen) atoms. The third-order valence-corrected chi connectivity index (χ3v) is 5.98. The van der Waals surface area contributed by atoms with Crippen LogP contribution in [0.4, 0.5) is 4.79 Å². The number of carbonyl (C=O) groups excluding carboxylic acids is 1. The molecule has 0 spiro atoms. The molecule has 1 aliphatic heterocycles. The predicted molar refractivity (Wildman–Crippen MR) is 104 cm³/mol. The zero-order valence-corrected chi connectivity index (χ0v) is 16.1. The largest absolute Gasteiger partial charge is 0.465 e. The van der Waals surface area contributed by atoms with Gasteiger partial charge in [0.2, 0.25) is 5.91 Å². The van der Waals surface area contributed by atoms with Gasteiger partial charge in [-0.15, -0.1) is 11.8 Å². The van der Waals surface area contributed by atoms with Crippen LogP contribution in [0.5, 0.6) is 0 Å². The zero-order valence-electron chi connectivity index (χ0n) is 14.6. The summed E-state index contributed by atoms with van der Waals surface area (Å²) < 4.78 is 0. The van der Waals surface area contributed by atoms with Crippen LogP contribution in [0.1, 0.15) is 19.3 Å². The number of rotatable bonds is 5. The van der Waals surface area contributed by atoms with E-state index in [9.17, 15) is 9.59 Å². The van der Waals surface area contributed by atoms with E-state index in [-0.39, 0.29) is 11.9 Å². The molecule has 2 heterocycles. The first-order chi connectivity index (χ1) is 12.4. The quantitative estimate of drug-likeness (QED) is 0.752. The van der Waals surface area contributed by atoms with Crippen molar-refractivity contribution >= 4 is 46.3 Å². The summed E-state index contributed by atoms with van der Waals surface area (Å²) in [7, 11) is 1.82. The lowest BCUT2D eigenvalue weighted by Gasteiger charge is -2.35. The molecular weight excluding hydrogens is 374 g/mol. The number of carbonyl (C=O) groups is 2. The first-order valence-corrected chi connectivity index (χ1v) is 9.95. The normalized spacial score (nSPS) is 15.4. The minimum Gasteiger partial charge on any atom is -0.465 e. The standard InChI is InChI=1S/C18H22ClN3O3S/c1-21(14-4-7-22(8-5-14)18(24)25)17(23)6-9-26-16-11-12-10-13(19)2-3-15(12)20-16/h2-3,10-11,14,20H,4-9H2,1H3,(H,24,25). The Morgan fingerprint density at radius 3 is 2.77 bits per heavy atom. The maximum absolute atomic E-state index is 12.4. The summed E-state index contributed by atoms with van der Waals surface area (Å²) in [6, 6.07) is 7.88. The molecule has 1 saturated heterocycles. The number of halogens is 1. The van der Waals surface area contributed by atoms with E-state index in [1.807, 2.05) is 31.3 Å². The Kier molecular flexibility index (Phi) is 5.98. The number of fused-ring (bicyclic) bond motifs is 1. The van der Waals surface area contributed by atoms with Crippen LogP contribution in [-0.4, -0.2) is 63.8 Å². The molecule has 0 saturated carbocycles. The number of hydrogen-bond acceptors (Lipinski definition) is 3. The van der Waals surface area contributed by atoms with E-state index >= 15 is 0 Å². The van der Waals surface area contributed by atoms with Gasteiger partial charge < -0.3 is 19.9 Å². The van der Waals surface area contributed by atoms with Gasteiger partial charge in [0, 0.05) is 54.3 Å². The molecule has 1 aliphatic rings. The summed E-state index contributed by atoms with van der Waals surface area (Å²) in [5.41, 5.74) is 1.03. The van der Waals surface area contributed by atoms with Crippen molar-refractivity contribution in [1.82, 2.24) is 14.8 Å². The van der Waals surface area contributed by atoms with Crippen LogP contribution in [0.3, 0.4) is 0 Å². The van der Waals surface area contributed by atoms with Gasteiger partial charge in [-0.1, -0.05) is 11.6 Å². The smallest absolute Gasteiger partial charge is 0.407 e. The highest BCUT2D eigenvalue weighted by Crippen LogP contribution is 2.26. The van der Waals surface area contributed by atoms with Crippen molar-refractivity contribution in [3.8, 4) is 0 Å². The number of aromatic nitrogens is 1. The van der Waals surface area contributed by atoms with Crippen molar-refractivity contribution in [3.05, 3.63) is 29.3 Å². The minimum atomic E-state index is -0.881. The molecule has 3 rings (SSSR count). The highest BCUT2D eigenvalue weighted by Gasteiger charge is 2.27. The van der Waals surface area contributed by atoms with Gasteiger partial charge in [0.15, 0.2) is 0 Å². The number of benzene rings is 1. The van der Waals surface area contributed by atoms with E-state index in [0.29, 0.717) is 43.1 Å². The molecule has 140 valence electrons. The Labute approximate surface area is 161 Å². The summed E-state index contributed by atoms with van der Waals surface area (Å²) in [6.07, 6.45) is 0.971. The number of carboxylic acid groups (broad SMARTS) is 1.